The Labute approximate surface area is 89.4 Å². The first-order valence-electron chi connectivity index (χ1n) is 4.80. The zero-order valence-electron chi connectivity index (χ0n) is 9.30. The molecule has 6 nitrogen and oxygen atoms in total. The second-order valence-electron chi connectivity index (χ2n) is 3.48. The fourth-order valence-corrected chi connectivity index (χ4v) is 1.30. The maximum atomic E-state index is 10.7. The standard InChI is InChI=1S/C9H20N2O4/c1-5(11-6(2)12)8(13)9(14)7(4-10)15-3/h5,7-9,13-14H,4,10H2,1-3H3,(H,11,12)/t5-,7?,8?,9?/m0/s1. The average molecular weight is 220 g/mol. The van der Waals surface area contributed by atoms with Crippen molar-refractivity contribution in [2.45, 2.75) is 38.2 Å². The van der Waals surface area contributed by atoms with E-state index in [0.29, 0.717) is 0 Å². The van der Waals surface area contributed by atoms with Crippen LogP contribution in [-0.2, 0) is 9.53 Å². The van der Waals surface area contributed by atoms with Gasteiger partial charge in [-0.05, 0) is 6.92 Å². The van der Waals surface area contributed by atoms with Crippen molar-refractivity contribution in [3.63, 3.8) is 0 Å². The molecule has 0 radical (unpaired) electrons. The van der Waals surface area contributed by atoms with Crippen LogP contribution in [0, 0.1) is 0 Å². The summed E-state index contributed by atoms with van der Waals surface area (Å²) in [4.78, 5) is 10.7. The van der Waals surface area contributed by atoms with Crippen LogP contribution >= 0.6 is 0 Å². The van der Waals surface area contributed by atoms with Gasteiger partial charge in [-0.3, -0.25) is 4.79 Å². The van der Waals surface area contributed by atoms with Gasteiger partial charge in [0.15, 0.2) is 0 Å². The van der Waals surface area contributed by atoms with Crippen LogP contribution in [-0.4, -0.2) is 54.1 Å². The van der Waals surface area contributed by atoms with Crippen molar-refractivity contribution in [3.05, 3.63) is 0 Å². The molecule has 0 aromatic carbocycles. The van der Waals surface area contributed by atoms with Crippen LogP contribution < -0.4 is 11.1 Å². The second-order valence-corrected chi connectivity index (χ2v) is 3.48. The Bertz CT molecular complexity index is 197. The SMILES string of the molecule is COC(CN)C(O)C(O)[C@H](C)NC(C)=O. The summed E-state index contributed by atoms with van der Waals surface area (Å²) in [5.74, 6) is -0.268. The Balaban J connectivity index is 4.28. The van der Waals surface area contributed by atoms with Crippen molar-refractivity contribution in [1.82, 2.24) is 5.32 Å². The summed E-state index contributed by atoms with van der Waals surface area (Å²) in [6, 6.07) is -0.554. The lowest BCUT2D eigenvalue weighted by Gasteiger charge is -2.28. The van der Waals surface area contributed by atoms with Crippen LogP contribution in [0.1, 0.15) is 13.8 Å². The predicted octanol–water partition coefficient (Wildman–Crippen LogP) is -1.79. The number of carbonyl (C=O) groups is 1. The van der Waals surface area contributed by atoms with E-state index in [1.54, 1.807) is 6.92 Å². The molecule has 0 saturated carbocycles. The van der Waals surface area contributed by atoms with Crippen LogP contribution in [0.5, 0.6) is 0 Å². The number of hydrogen-bond acceptors (Lipinski definition) is 5. The van der Waals surface area contributed by atoms with Crippen molar-refractivity contribution in [3.8, 4) is 0 Å². The smallest absolute Gasteiger partial charge is 0.217 e. The number of ether oxygens (including phenoxy) is 1. The molecule has 1 amide bonds. The first-order valence-corrected chi connectivity index (χ1v) is 4.80. The molecule has 0 aromatic heterocycles. The normalized spacial score (nSPS) is 19.1. The van der Waals surface area contributed by atoms with Gasteiger partial charge in [-0.15, -0.1) is 0 Å². The maximum absolute atomic E-state index is 10.7. The van der Waals surface area contributed by atoms with Crippen LogP contribution in [0.2, 0.25) is 0 Å². The summed E-state index contributed by atoms with van der Waals surface area (Å²) in [6.07, 6.45) is -2.87. The van der Waals surface area contributed by atoms with Gasteiger partial charge in [0.2, 0.25) is 5.91 Å². The van der Waals surface area contributed by atoms with Crippen LogP contribution in [0.4, 0.5) is 0 Å². The maximum Gasteiger partial charge on any atom is 0.217 e. The molecule has 0 aliphatic heterocycles. The number of nitrogens with one attached hydrogen (secondary N) is 1. The largest absolute Gasteiger partial charge is 0.388 e. The topological polar surface area (TPSA) is 105 Å². The molecule has 0 aromatic rings. The third-order valence-electron chi connectivity index (χ3n) is 2.21. The Morgan fingerprint density at radius 1 is 1.47 bits per heavy atom. The second kappa shape index (κ2) is 6.73. The van der Waals surface area contributed by atoms with Gasteiger partial charge in [-0.25, -0.2) is 0 Å². The fourth-order valence-electron chi connectivity index (χ4n) is 1.30. The summed E-state index contributed by atoms with van der Waals surface area (Å²) < 4.78 is 4.89. The quantitative estimate of drug-likeness (QED) is 0.423. The highest BCUT2D eigenvalue weighted by atomic mass is 16.5. The number of hydrogen-bond donors (Lipinski definition) is 4. The van der Waals surface area contributed by atoms with Gasteiger partial charge in [0.1, 0.15) is 12.2 Å². The Morgan fingerprint density at radius 2 is 2.00 bits per heavy atom. The van der Waals surface area contributed by atoms with E-state index in [-0.39, 0.29) is 12.5 Å². The highest BCUT2D eigenvalue weighted by Crippen LogP contribution is 2.06. The molecule has 0 spiro atoms. The van der Waals surface area contributed by atoms with E-state index >= 15 is 0 Å². The molecule has 90 valence electrons. The number of amides is 1. The van der Waals surface area contributed by atoms with Crippen molar-refractivity contribution < 1.29 is 19.7 Å². The molecule has 0 heterocycles. The number of aliphatic hydroxyl groups is 2. The highest BCUT2D eigenvalue weighted by Gasteiger charge is 2.29. The van der Waals surface area contributed by atoms with Crippen LogP contribution in [0.25, 0.3) is 0 Å². The van der Waals surface area contributed by atoms with Gasteiger partial charge < -0.3 is 26.0 Å². The molecule has 5 N–H and O–H groups in total. The number of aliphatic hydroxyl groups excluding tert-OH is 2. The van der Waals surface area contributed by atoms with Crippen LogP contribution in [0.3, 0.4) is 0 Å². The first-order chi connectivity index (χ1) is 6.93. The molecule has 0 aliphatic carbocycles. The molecule has 0 aliphatic rings. The highest BCUT2D eigenvalue weighted by molar-refractivity contribution is 5.73. The number of methoxy groups -OCH3 is 1. The third kappa shape index (κ3) is 4.57. The molecular formula is C9H20N2O4. The lowest BCUT2D eigenvalue weighted by Crippen LogP contribution is -2.52. The molecule has 0 bridgehead atoms. The number of rotatable bonds is 6. The first kappa shape index (κ1) is 14.3. The van der Waals surface area contributed by atoms with Gasteiger partial charge in [-0.1, -0.05) is 0 Å². The van der Waals surface area contributed by atoms with E-state index in [4.69, 9.17) is 10.5 Å². The van der Waals surface area contributed by atoms with E-state index in [1.165, 1.54) is 14.0 Å². The van der Waals surface area contributed by atoms with Crippen LogP contribution in [0.15, 0.2) is 0 Å². The summed E-state index contributed by atoms with van der Waals surface area (Å²) >= 11 is 0. The summed E-state index contributed by atoms with van der Waals surface area (Å²) in [5.41, 5.74) is 5.34. The summed E-state index contributed by atoms with van der Waals surface area (Å²) in [5, 5.41) is 21.8. The number of nitrogens with two attached hydrogens (primary N) is 1. The number of carbonyl (C=O) groups excluding carboxylic acids is 1. The van der Waals surface area contributed by atoms with Gasteiger partial charge in [0, 0.05) is 20.6 Å². The molecule has 6 heteroatoms. The molecule has 4 atom stereocenters. The molecule has 15 heavy (non-hydrogen) atoms. The fraction of sp³-hybridized carbons (Fsp3) is 0.889. The Hall–Kier alpha value is -0.690. The van der Waals surface area contributed by atoms with E-state index < -0.39 is 24.4 Å². The lowest BCUT2D eigenvalue weighted by molar-refractivity contribution is -0.122. The zero-order valence-corrected chi connectivity index (χ0v) is 9.30. The predicted molar refractivity (Wildman–Crippen MR) is 55.1 cm³/mol. The zero-order chi connectivity index (χ0) is 12.0. The third-order valence-corrected chi connectivity index (χ3v) is 2.21. The monoisotopic (exact) mass is 220 g/mol. The van der Waals surface area contributed by atoms with Crippen molar-refractivity contribution in [2.24, 2.45) is 5.73 Å². The van der Waals surface area contributed by atoms with E-state index in [9.17, 15) is 15.0 Å². The minimum atomic E-state index is -1.12. The molecule has 3 unspecified atom stereocenters. The molecule has 0 fully saturated rings. The summed E-state index contributed by atoms with van der Waals surface area (Å²) in [6.45, 7) is 3.03. The Kier molecular flexibility index (Phi) is 6.42. The lowest BCUT2D eigenvalue weighted by atomic mass is 10.0. The van der Waals surface area contributed by atoms with Crippen molar-refractivity contribution in [2.75, 3.05) is 13.7 Å². The molecule has 0 rings (SSSR count). The van der Waals surface area contributed by atoms with Crippen molar-refractivity contribution >= 4 is 5.91 Å². The molecule has 0 saturated heterocycles. The summed E-state index contributed by atoms with van der Waals surface area (Å²) in [7, 11) is 1.40. The average Bonchev–Trinajstić information content (AvgIpc) is 2.17. The van der Waals surface area contributed by atoms with E-state index in [1.807, 2.05) is 0 Å². The van der Waals surface area contributed by atoms with Gasteiger partial charge in [0.05, 0.1) is 12.1 Å². The minimum Gasteiger partial charge on any atom is -0.388 e. The molecular weight excluding hydrogens is 200 g/mol. The van der Waals surface area contributed by atoms with Gasteiger partial charge >= 0.3 is 0 Å². The Morgan fingerprint density at radius 3 is 2.33 bits per heavy atom. The van der Waals surface area contributed by atoms with E-state index in [2.05, 4.69) is 5.32 Å². The van der Waals surface area contributed by atoms with Gasteiger partial charge in [-0.2, -0.15) is 0 Å². The minimum absolute atomic E-state index is 0.0987. The van der Waals surface area contributed by atoms with Gasteiger partial charge in [0.25, 0.3) is 0 Å². The van der Waals surface area contributed by atoms with Crippen molar-refractivity contribution in [1.29, 1.82) is 0 Å². The van der Waals surface area contributed by atoms with E-state index in [0.717, 1.165) is 0 Å².